The first-order valence-electron chi connectivity index (χ1n) is 9.65. The van der Waals surface area contributed by atoms with Gasteiger partial charge in [-0.15, -0.1) is 0 Å². The summed E-state index contributed by atoms with van der Waals surface area (Å²) < 4.78 is 78.6. The van der Waals surface area contributed by atoms with Gasteiger partial charge in [0.15, 0.2) is 0 Å². The third kappa shape index (κ3) is 4.54. The van der Waals surface area contributed by atoms with E-state index in [2.05, 4.69) is 20.8 Å². The fraction of sp³-hybridized carbons (Fsp3) is 0.190. The van der Waals surface area contributed by atoms with Crippen molar-refractivity contribution in [3.05, 3.63) is 70.4 Å². The lowest BCUT2D eigenvalue weighted by Crippen LogP contribution is -2.38. The topological polar surface area (TPSA) is 90.1 Å². The molecule has 0 saturated heterocycles. The number of anilines is 3. The van der Waals surface area contributed by atoms with E-state index in [4.69, 9.17) is 0 Å². The molecule has 0 radical (unpaired) electrons. The van der Waals surface area contributed by atoms with Crippen molar-refractivity contribution in [2.75, 3.05) is 15.5 Å². The Bertz CT molecular complexity index is 1250. The summed E-state index contributed by atoms with van der Waals surface area (Å²) in [5.74, 6) is -0.736. The van der Waals surface area contributed by atoms with E-state index in [1.54, 1.807) is 13.0 Å². The number of hydrogen-bond donors (Lipinski definition) is 3. The second-order valence-corrected chi connectivity index (χ2v) is 7.54. The minimum absolute atomic E-state index is 0.0557. The van der Waals surface area contributed by atoms with Gasteiger partial charge in [0.1, 0.15) is 5.82 Å². The Morgan fingerprint density at radius 2 is 1.68 bits per heavy atom. The molecule has 7 nitrogen and oxygen atoms in total. The number of aryl methyl sites for hydroxylation is 1. The lowest BCUT2D eigenvalue weighted by molar-refractivity contribution is -0.143. The summed E-state index contributed by atoms with van der Waals surface area (Å²) in [5.41, 5.74) is -2.24. The molecule has 0 saturated carbocycles. The third-order valence-corrected chi connectivity index (χ3v) is 5.13. The van der Waals surface area contributed by atoms with E-state index in [1.165, 1.54) is 23.2 Å². The largest absolute Gasteiger partial charge is 0.416 e. The number of rotatable bonds is 3. The Morgan fingerprint density at radius 3 is 2.29 bits per heavy atom. The molecule has 178 valence electrons. The number of amides is 3. The number of nitrogens with one attached hydrogen (secondary N) is 3. The average molecular weight is 483 g/mol. The Balaban J connectivity index is 1.64. The predicted octanol–water partition coefficient (Wildman–Crippen LogP) is 5.56. The highest BCUT2D eigenvalue weighted by atomic mass is 19.4. The lowest BCUT2D eigenvalue weighted by atomic mass is 10.0. The van der Waals surface area contributed by atoms with Crippen molar-refractivity contribution in [3.63, 3.8) is 0 Å². The molecule has 1 aliphatic heterocycles. The molecule has 0 aliphatic carbocycles. The molecule has 34 heavy (non-hydrogen) atoms. The quantitative estimate of drug-likeness (QED) is 0.426. The van der Waals surface area contributed by atoms with Gasteiger partial charge in [0.25, 0.3) is 5.91 Å². The zero-order valence-corrected chi connectivity index (χ0v) is 17.2. The van der Waals surface area contributed by atoms with Gasteiger partial charge >= 0.3 is 18.4 Å². The van der Waals surface area contributed by atoms with Crippen molar-refractivity contribution in [3.8, 4) is 0 Å². The number of carbonyl (C=O) groups is 2. The summed E-state index contributed by atoms with van der Waals surface area (Å²) in [4.78, 5) is 26.4. The molecule has 0 spiro atoms. The van der Waals surface area contributed by atoms with Crippen molar-refractivity contribution in [1.82, 2.24) is 10.2 Å². The molecule has 0 bridgehead atoms. The first-order valence-corrected chi connectivity index (χ1v) is 9.65. The van der Waals surface area contributed by atoms with Crippen LogP contribution in [0.2, 0.25) is 0 Å². The van der Waals surface area contributed by atoms with Gasteiger partial charge in [0.2, 0.25) is 0 Å². The maximum Gasteiger partial charge on any atom is 0.416 e. The van der Waals surface area contributed by atoms with Gasteiger partial charge in [-0.1, -0.05) is 6.07 Å². The fourth-order valence-corrected chi connectivity index (χ4v) is 3.42. The maximum atomic E-state index is 13.1. The minimum atomic E-state index is -5.08. The second-order valence-electron chi connectivity index (χ2n) is 7.54. The Labute approximate surface area is 187 Å². The number of aromatic amines is 1. The molecular weight excluding hydrogens is 468 g/mol. The zero-order valence-electron chi connectivity index (χ0n) is 17.2. The smallest absolute Gasteiger partial charge is 0.322 e. The van der Waals surface area contributed by atoms with Crippen molar-refractivity contribution in [1.29, 1.82) is 0 Å². The van der Waals surface area contributed by atoms with Gasteiger partial charge in [-0.25, -0.2) is 4.79 Å². The van der Waals surface area contributed by atoms with E-state index in [9.17, 15) is 35.9 Å². The van der Waals surface area contributed by atoms with Crippen LogP contribution in [-0.2, 0) is 18.9 Å². The highest BCUT2D eigenvalue weighted by Crippen LogP contribution is 2.37. The molecule has 3 aromatic rings. The molecule has 3 amide bonds. The molecule has 0 unspecified atom stereocenters. The van der Waals surface area contributed by atoms with Gasteiger partial charge in [0.05, 0.1) is 29.6 Å². The van der Waals surface area contributed by atoms with E-state index < -0.39 is 41.0 Å². The zero-order chi connectivity index (χ0) is 24.8. The van der Waals surface area contributed by atoms with Gasteiger partial charge in [0, 0.05) is 16.8 Å². The molecule has 0 atom stereocenters. The molecule has 2 aromatic carbocycles. The third-order valence-electron chi connectivity index (χ3n) is 5.13. The van der Waals surface area contributed by atoms with Gasteiger partial charge in [-0.2, -0.15) is 31.4 Å². The Morgan fingerprint density at radius 1 is 1.03 bits per heavy atom. The number of aromatic nitrogens is 2. The van der Waals surface area contributed by atoms with Crippen LogP contribution in [0.3, 0.4) is 0 Å². The van der Waals surface area contributed by atoms with Gasteiger partial charge < -0.3 is 5.32 Å². The highest BCUT2D eigenvalue weighted by molar-refractivity contribution is 6.06. The van der Waals surface area contributed by atoms with Crippen LogP contribution >= 0.6 is 0 Å². The molecule has 1 aliphatic rings. The summed E-state index contributed by atoms with van der Waals surface area (Å²) in [6.07, 6.45) is -8.64. The van der Waals surface area contributed by atoms with Crippen LogP contribution in [0.4, 0.5) is 48.3 Å². The summed E-state index contributed by atoms with van der Waals surface area (Å²) in [6, 6.07) is 4.51. The summed E-state index contributed by atoms with van der Waals surface area (Å²) in [5, 5.41) is 11.4. The van der Waals surface area contributed by atoms with Crippen LogP contribution in [0.1, 0.15) is 32.6 Å². The van der Waals surface area contributed by atoms with Crippen LogP contribution in [0.25, 0.3) is 0 Å². The average Bonchev–Trinajstić information content (AvgIpc) is 3.20. The SMILES string of the molecule is Cc1ccc(NC(=O)c2cc(C(F)(F)F)cc(C(F)(F)F)c2)cc1N1Cc2cn[nH]c2NC1=O. The molecule has 1 aromatic heterocycles. The van der Waals surface area contributed by atoms with E-state index in [0.29, 0.717) is 34.8 Å². The Kier molecular flexibility index (Phi) is 5.50. The van der Waals surface area contributed by atoms with Crippen LogP contribution in [0, 0.1) is 6.92 Å². The van der Waals surface area contributed by atoms with E-state index in [-0.39, 0.29) is 18.3 Å². The fourth-order valence-electron chi connectivity index (χ4n) is 3.42. The molecule has 3 N–H and O–H groups in total. The van der Waals surface area contributed by atoms with Gasteiger partial charge in [-0.05, 0) is 42.8 Å². The molecular formula is C21H15F6N5O2. The van der Waals surface area contributed by atoms with Crippen molar-refractivity contribution in [2.24, 2.45) is 0 Å². The van der Waals surface area contributed by atoms with Crippen molar-refractivity contribution >= 4 is 29.1 Å². The number of halogens is 6. The second kappa shape index (κ2) is 8.08. The van der Waals surface area contributed by atoms with Crippen molar-refractivity contribution < 1.29 is 35.9 Å². The van der Waals surface area contributed by atoms with Crippen LogP contribution < -0.4 is 15.5 Å². The summed E-state index contributed by atoms with van der Waals surface area (Å²) in [7, 11) is 0. The first-order chi connectivity index (χ1) is 15.8. The minimum Gasteiger partial charge on any atom is -0.322 e. The van der Waals surface area contributed by atoms with Gasteiger partial charge in [-0.3, -0.25) is 20.1 Å². The Hall–Kier alpha value is -4.03. The summed E-state index contributed by atoms with van der Waals surface area (Å²) >= 11 is 0. The number of hydrogen-bond acceptors (Lipinski definition) is 3. The lowest BCUT2D eigenvalue weighted by Gasteiger charge is -2.28. The van der Waals surface area contributed by atoms with E-state index in [1.807, 2.05) is 0 Å². The van der Waals surface area contributed by atoms with E-state index >= 15 is 0 Å². The number of urea groups is 1. The highest BCUT2D eigenvalue weighted by Gasteiger charge is 2.37. The molecule has 0 fully saturated rings. The number of H-pyrrole nitrogens is 1. The van der Waals surface area contributed by atoms with Crippen molar-refractivity contribution in [2.45, 2.75) is 25.8 Å². The summed E-state index contributed by atoms with van der Waals surface area (Å²) in [6.45, 7) is 1.85. The standard InChI is InChI=1S/C21H15F6N5O2/c1-10-2-3-15(7-16(10)32-9-12-8-28-31-17(12)30-19(32)34)29-18(33)11-4-13(20(22,23)24)6-14(5-11)21(25,26)27/h2-8H,9H2,1H3,(H,29,33)(H2,28,30,31,34). The predicted molar refractivity (Wildman–Crippen MR) is 109 cm³/mol. The van der Waals surface area contributed by atoms with E-state index in [0.717, 1.165) is 0 Å². The first kappa shape index (κ1) is 23.1. The van der Waals surface area contributed by atoms with Crippen LogP contribution in [0.15, 0.2) is 42.6 Å². The molecule has 13 heteroatoms. The normalized spacial score (nSPS) is 14.0. The van der Waals surface area contributed by atoms with Crippen LogP contribution in [-0.4, -0.2) is 22.1 Å². The molecule has 2 heterocycles. The molecule has 4 rings (SSSR count). The number of nitrogens with zero attached hydrogens (tertiary/aromatic N) is 2. The number of fused-ring (bicyclic) bond motifs is 1. The number of benzene rings is 2. The van der Waals surface area contributed by atoms with Crippen LogP contribution in [0.5, 0.6) is 0 Å². The monoisotopic (exact) mass is 483 g/mol. The maximum absolute atomic E-state index is 13.1. The number of carbonyl (C=O) groups excluding carboxylic acids is 2. The number of alkyl halides is 6.